The van der Waals surface area contributed by atoms with E-state index >= 15 is 0 Å². The molecular formula is C12H11BrClNO2. The summed E-state index contributed by atoms with van der Waals surface area (Å²) in [6, 6.07) is 5.13. The molecule has 0 bridgehead atoms. The zero-order valence-corrected chi connectivity index (χ0v) is 11.6. The van der Waals surface area contributed by atoms with E-state index in [1.165, 1.54) is 4.90 Å². The molecule has 0 radical (unpaired) electrons. The lowest BCUT2D eigenvalue weighted by Gasteiger charge is -2.19. The highest BCUT2D eigenvalue weighted by Gasteiger charge is 2.37. The molecule has 1 aromatic rings. The first-order valence-corrected chi connectivity index (χ1v) is 6.77. The second-order valence-corrected chi connectivity index (χ2v) is 5.19. The van der Waals surface area contributed by atoms with Crippen LogP contribution in [0.4, 0.5) is 5.69 Å². The first kappa shape index (κ1) is 12.6. The van der Waals surface area contributed by atoms with Gasteiger partial charge in [0.25, 0.3) is 11.7 Å². The van der Waals surface area contributed by atoms with Gasteiger partial charge >= 0.3 is 0 Å². The van der Waals surface area contributed by atoms with E-state index in [2.05, 4.69) is 15.9 Å². The normalized spacial score (nSPS) is 16.3. The quantitative estimate of drug-likeness (QED) is 0.635. The number of carbonyl (C=O) groups excluding carboxylic acids is 2. The summed E-state index contributed by atoms with van der Waals surface area (Å²) in [7, 11) is 0. The summed E-state index contributed by atoms with van der Waals surface area (Å²) >= 11 is 9.32. The van der Waals surface area contributed by atoms with E-state index < -0.39 is 11.7 Å². The predicted octanol–water partition coefficient (Wildman–Crippen LogP) is 2.90. The molecule has 1 aliphatic rings. The SMILES string of the molecule is CC(CBr)CN1C(=O)C(=O)c2c(Cl)cccc21. The number of amides is 1. The highest BCUT2D eigenvalue weighted by atomic mass is 79.9. The van der Waals surface area contributed by atoms with Crippen molar-refractivity contribution < 1.29 is 9.59 Å². The number of fused-ring (bicyclic) bond motifs is 1. The van der Waals surface area contributed by atoms with Crippen LogP contribution in [0.1, 0.15) is 17.3 Å². The van der Waals surface area contributed by atoms with E-state index in [0.717, 1.165) is 5.33 Å². The predicted molar refractivity (Wildman–Crippen MR) is 71.1 cm³/mol. The van der Waals surface area contributed by atoms with Crippen LogP contribution >= 0.6 is 27.5 Å². The number of alkyl halides is 1. The number of hydrogen-bond acceptors (Lipinski definition) is 2. The van der Waals surface area contributed by atoms with Gasteiger partial charge in [0.05, 0.1) is 16.3 Å². The molecule has 90 valence electrons. The lowest BCUT2D eigenvalue weighted by atomic mass is 10.1. The molecule has 1 aromatic carbocycles. The van der Waals surface area contributed by atoms with Gasteiger partial charge < -0.3 is 4.90 Å². The van der Waals surface area contributed by atoms with Crippen LogP contribution in [-0.4, -0.2) is 23.6 Å². The van der Waals surface area contributed by atoms with Crippen LogP contribution in [0.25, 0.3) is 0 Å². The molecule has 0 aliphatic carbocycles. The minimum absolute atomic E-state index is 0.275. The number of Topliss-reactive ketones (excluding diaryl/α,β-unsaturated/α-hetero) is 1. The smallest absolute Gasteiger partial charge is 0.299 e. The van der Waals surface area contributed by atoms with Gasteiger partial charge in [0.2, 0.25) is 0 Å². The number of benzene rings is 1. The first-order valence-electron chi connectivity index (χ1n) is 5.27. The highest BCUT2D eigenvalue weighted by Crippen LogP contribution is 2.34. The van der Waals surface area contributed by atoms with Crippen molar-refractivity contribution in [2.45, 2.75) is 6.92 Å². The van der Waals surface area contributed by atoms with E-state index in [-0.39, 0.29) is 5.92 Å². The fourth-order valence-electron chi connectivity index (χ4n) is 1.84. The van der Waals surface area contributed by atoms with E-state index in [0.29, 0.717) is 22.8 Å². The van der Waals surface area contributed by atoms with Crippen molar-refractivity contribution in [3.63, 3.8) is 0 Å². The Morgan fingerprint density at radius 1 is 1.41 bits per heavy atom. The monoisotopic (exact) mass is 315 g/mol. The summed E-state index contributed by atoms with van der Waals surface area (Å²) in [5, 5.41) is 1.12. The zero-order chi connectivity index (χ0) is 12.6. The number of ketones is 1. The Morgan fingerprint density at radius 2 is 2.12 bits per heavy atom. The molecule has 1 heterocycles. The summed E-state index contributed by atoms with van der Waals surface area (Å²) in [6.07, 6.45) is 0. The minimum atomic E-state index is -0.507. The van der Waals surface area contributed by atoms with Gasteiger partial charge in [-0.2, -0.15) is 0 Å². The lowest BCUT2D eigenvalue weighted by Crippen LogP contribution is -2.34. The minimum Gasteiger partial charge on any atom is -0.304 e. The largest absolute Gasteiger partial charge is 0.304 e. The van der Waals surface area contributed by atoms with Crippen LogP contribution in [-0.2, 0) is 4.79 Å². The van der Waals surface area contributed by atoms with E-state index in [4.69, 9.17) is 11.6 Å². The van der Waals surface area contributed by atoms with Gasteiger partial charge in [0.1, 0.15) is 0 Å². The van der Waals surface area contributed by atoms with Crippen molar-refractivity contribution in [2.24, 2.45) is 5.92 Å². The fourth-order valence-corrected chi connectivity index (χ4v) is 2.30. The molecule has 3 nitrogen and oxygen atoms in total. The van der Waals surface area contributed by atoms with Gasteiger partial charge in [-0.25, -0.2) is 0 Å². The standard InChI is InChI=1S/C12H11BrClNO2/c1-7(5-13)6-15-9-4-2-3-8(14)10(9)11(16)12(15)17/h2-4,7H,5-6H2,1H3. The van der Waals surface area contributed by atoms with Crippen LogP contribution in [0.2, 0.25) is 5.02 Å². The van der Waals surface area contributed by atoms with Crippen molar-refractivity contribution in [1.29, 1.82) is 0 Å². The van der Waals surface area contributed by atoms with Gasteiger partial charge in [0.15, 0.2) is 0 Å². The lowest BCUT2D eigenvalue weighted by molar-refractivity contribution is -0.114. The zero-order valence-electron chi connectivity index (χ0n) is 9.24. The van der Waals surface area contributed by atoms with E-state index in [9.17, 15) is 9.59 Å². The topological polar surface area (TPSA) is 37.4 Å². The van der Waals surface area contributed by atoms with Crippen LogP contribution in [0.5, 0.6) is 0 Å². The molecule has 1 amide bonds. The molecule has 0 saturated carbocycles. The number of anilines is 1. The Labute approximate surface area is 113 Å². The van der Waals surface area contributed by atoms with Gasteiger partial charge in [-0.3, -0.25) is 9.59 Å². The van der Waals surface area contributed by atoms with Gasteiger partial charge in [-0.05, 0) is 18.1 Å². The first-order chi connectivity index (χ1) is 8.06. The van der Waals surface area contributed by atoms with Gasteiger partial charge in [0, 0.05) is 11.9 Å². The number of halogens is 2. The molecule has 0 spiro atoms. The third kappa shape index (κ3) is 2.11. The van der Waals surface area contributed by atoms with Crippen molar-refractivity contribution in [3.8, 4) is 0 Å². The van der Waals surface area contributed by atoms with Crippen molar-refractivity contribution in [3.05, 3.63) is 28.8 Å². The number of carbonyl (C=O) groups is 2. The highest BCUT2D eigenvalue weighted by molar-refractivity contribution is 9.09. The maximum Gasteiger partial charge on any atom is 0.299 e. The van der Waals surface area contributed by atoms with Crippen molar-refractivity contribution in [2.75, 3.05) is 16.8 Å². The fraction of sp³-hybridized carbons (Fsp3) is 0.333. The molecular weight excluding hydrogens is 305 g/mol. The van der Waals surface area contributed by atoms with Gasteiger partial charge in [-0.1, -0.05) is 40.5 Å². The Kier molecular flexibility index (Phi) is 3.54. The van der Waals surface area contributed by atoms with Crippen molar-refractivity contribution in [1.82, 2.24) is 0 Å². The molecule has 0 N–H and O–H groups in total. The summed E-state index contributed by atoms with van der Waals surface area (Å²) in [6.45, 7) is 2.53. The summed E-state index contributed by atoms with van der Waals surface area (Å²) in [5.74, 6) is -0.718. The second kappa shape index (κ2) is 4.78. The third-order valence-electron chi connectivity index (χ3n) is 2.71. The third-order valence-corrected chi connectivity index (χ3v) is 4.13. The number of rotatable bonds is 3. The average molecular weight is 317 g/mol. The Hall–Kier alpha value is -0.870. The second-order valence-electron chi connectivity index (χ2n) is 4.14. The van der Waals surface area contributed by atoms with Crippen molar-refractivity contribution >= 4 is 44.9 Å². The van der Waals surface area contributed by atoms with Crippen LogP contribution in [0, 0.1) is 5.92 Å². The van der Waals surface area contributed by atoms with Crippen LogP contribution in [0.15, 0.2) is 18.2 Å². The molecule has 0 fully saturated rings. The van der Waals surface area contributed by atoms with Crippen LogP contribution in [0.3, 0.4) is 0 Å². The molecule has 1 unspecified atom stereocenters. The van der Waals surface area contributed by atoms with E-state index in [1.54, 1.807) is 18.2 Å². The molecule has 2 rings (SSSR count). The Morgan fingerprint density at radius 3 is 2.76 bits per heavy atom. The Bertz CT molecular complexity index is 489. The van der Waals surface area contributed by atoms with Crippen LogP contribution < -0.4 is 4.90 Å². The summed E-state index contributed by atoms with van der Waals surface area (Å²) in [4.78, 5) is 25.2. The molecule has 1 aliphatic heterocycles. The number of hydrogen-bond donors (Lipinski definition) is 0. The van der Waals surface area contributed by atoms with E-state index in [1.807, 2.05) is 6.92 Å². The summed E-state index contributed by atoms with van der Waals surface area (Å²) in [5.41, 5.74) is 0.959. The maximum absolute atomic E-state index is 11.9. The Balaban J connectivity index is 2.42. The molecule has 1 atom stereocenters. The number of nitrogens with zero attached hydrogens (tertiary/aromatic N) is 1. The van der Waals surface area contributed by atoms with Gasteiger partial charge in [-0.15, -0.1) is 0 Å². The summed E-state index contributed by atoms with van der Waals surface area (Å²) < 4.78 is 0. The molecule has 0 aromatic heterocycles. The average Bonchev–Trinajstić information content (AvgIpc) is 2.55. The molecule has 0 saturated heterocycles. The molecule has 17 heavy (non-hydrogen) atoms. The molecule has 5 heteroatoms. The maximum atomic E-state index is 11.9.